The molecule has 1 atom stereocenters. The maximum absolute atomic E-state index is 8.60. The molecule has 8 heavy (non-hydrogen) atoms. The summed E-state index contributed by atoms with van der Waals surface area (Å²) in [6, 6.07) is 0. The quantitative estimate of drug-likeness (QED) is 0.396. The predicted octanol–water partition coefficient (Wildman–Crippen LogP) is -1.51. The molecule has 0 heterocycles. The third kappa shape index (κ3) is 4.01. The van der Waals surface area contributed by atoms with Gasteiger partial charge < -0.3 is 15.1 Å². The van der Waals surface area contributed by atoms with Crippen LogP contribution < -0.4 is 5.48 Å². The van der Waals surface area contributed by atoms with Crippen molar-refractivity contribution in [1.82, 2.24) is 5.48 Å². The van der Waals surface area contributed by atoms with E-state index in [4.69, 9.17) is 10.2 Å². The van der Waals surface area contributed by atoms with Crippen molar-refractivity contribution in [2.75, 3.05) is 20.3 Å². The average molecular weight is 121 g/mol. The van der Waals surface area contributed by atoms with Gasteiger partial charge in [0.15, 0.2) is 0 Å². The molecule has 0 aromatic rings. The first-order valence-electron chi connectivity index (χ1n) is 2.36. The van der Waals surface area contributed by atoms with Crippen LogP contribution in [0.1, 0.15) is 0 Å². The summed E-state index contributed by atoms with van der Waals surface area (Å²) < 4.78 is 0. The summed E-state index contributed by atoms with van der Waals surface area (Å²) in [5.41, 5.74) is 2.39. The molecule has 0 fully saturated rings. The first kappa shape index (κ1) is 7.84. The second-order valence-corrected chi connectivity index (χ2v) is 1.39. The number of hydrogen-bond acceptors (Lipinski definition) is 4. The molecule has 3 N–H and O–H groups in total. The Balaban J connectivity index is 2.86. The van der Waals surface area contributed by atoms with Gasteiger partial charge in [0, 0.05) is 6.54 Å². The molecule has 4 nitrogen and oxygen atoms in total. The minimum absolute atomic E-state index is 0.240. The Hall–Kier alpha value is -0.160. The molecule has 0 aliphatic carbocycles. The Bertz CT molecular complexity index is 50.5. The van der Waals surface area contributed by atoms with Crippen LogP contribution in [0.3, 0.4) is 0 Å². The lowest BCUT2D eigenvalue weighted by atomic mass is 10.4. The summed E-state index contributed by atoms with van der Waals surface area (Å²) >= 11 is 0. The highest BCUT2D eigenvalue weighted by atomic mass is 16.6. The van der Waals surface area contributed by atoms with E-state index in [0.29, 0.717) is 0 Å². The maximum Gasteiger partial charge on any atom is 0.0918 e. The second kappa shape index (κ2) is 4.99. The lowest BCUT2D eigenvalue weighted by Crippen LogP contribution is -2.28. The zero-order valence-electron chi connectivity index (χ0n) is 4.79. The SMILES string of the molecule is CONCC(O)CO. The van der Waals surface area contributed by atoms with E-state index < -0.39 is 6.10 Å². The van der Waals surface area contributed by atoms with Crippen LogP contribution in [0.5, 0.6) is 0 Å². The summed E-state index contributed by atoms with van der Waals surface area (Å²) in [6.07, 6.45) is -0.727. The van der Waals surface area contributed by atoms with Gasteiger partial charge in [-0.2, -0.15) is 0 Å². The van der Waals surface area contributed by atoms with Crippen molar-refractivity contribution in [3.63, 3.8) is 0 Å². The van der Waals surface area contributed by atoms with E-state index in [1.807, 2.05) is 0 Å². The molecule has 0 aromatic carbocycles. The number of rotatable bonds is 4. The molecule has 50 valence electrons. The number of aliphatic hydroxyl groups excluding tert-OH is 2. The molecule has 0 saturated heterocycles. The van der Waals surface area contributed by atoms with Crippen LogP contribution in [0, 0.1) is 0 Å². The number of aliphatic hydroxyl groups is 2. The highest BCUT2D eigenvalue weighted by Gasteiger charge is 1.97. The van der Waals surface area contributed by atoms with Crippen LogP contribution in [0.25, 0.3) is 0 Å². The smallest absolute Gasteiger partial charge is 0.0918 e. The number of nitrogens with one attached hydrogen (secondary N) is 1. The molecule has 0 radical (unpaired) electrons. The van der Waals surface area contributed by atoms with Crippen molar-refractivity contribution in [1.29, 1.82) is 0 Å². The summed E-state index contributed by atoms with van der Waals surface area (Å²) in [4.78, 5) is 4.39. The van der Waals surface area contributed by atoms with Gasteiger partial charge in [-0.15, -0.1) is 0 Å². The second-order valence-electron chi connectivity index (χ2n) is 1.39. The Morgan fingerprint density at radius 1 is 1.75 bits per heavy atom. The summed E-state index contributed by atoms with van der Waals surface area (Å²) in [6.45, 7) is 0.0172. The van der Waals surface area contributed by atoms with Gasteiger partial charge >= 0.3 is 0 Å². The van der Waals surface area contributed by atoms with Crippen LogP contribution in [-0.4, -0.2) is 36.6 Å². The first-order valence-corrected chi connectivity index (χ1v) is 2.36. The van der Waals surface area contributed by atoms with E-state index in [0.717, 1.165) is 0 Å². The van der Waals surface area contributed by atoms with Gasteiger partial charge in [-0.1, -0.05) is 0 Å². The minimum Gasteiger partial charge on any atom is -0.394 e. The van der Waals surface area contributed by atoms with Crippen LogP contribution >= 0.6 is 0 Å². The molecule has 0 aromatic heterocycles. The fourth-order valence-electron chi connectivity index (χ4n) is 0.244. The van der Waals surface area contributed by atoms with Gasteiger partial charge in [-0.25, -0.2) is 5.48 Å². The highest BCUT2D eigenvalue weighted by molar-refractivity contribution is 4.50. The number of hydroxylamine groups is 1. The molecule has 0 aliphatic heterocycles. The summed E-state index contributed by atoms with van der Waals surface area (Å²) in [5, 5.41) is 16.8. The summed E-state index contributed by atoms with van der Waals surface area (Å²) in [7, 11) is 1.45. The van der Waals surface area contributed by atoms with Crippen LogP contribution in [0.15, 0.2) is 0 Å². The highest BCUT2D eigenvalue weighted by Crippen LogP contribution is 1.74. The molecular formula is C4H11NO3. The molecule has 0 amide bonds. The Kier molecular flexibility index (Phi) is 4.89. The van der Waals surface area contributed by atoms with E-state index in [9.17, 15) is 0 Å². The standard InChI is InChI=1S/C4H11NO3/c1-8-5-2-4(7)3-6/h4-7H,2-3H2,1H3. The van der Waals surface area contributed by atoms with Gasteiger partial charge in [0.25, 0.3) is 0 Å². The minimum atomic E-state index is -0.727. The zero-order valence-corrected chi connectivity index (χ0v) is 4.79. The third-order valence-corrected chi connectivity index (χ3v) is 0.674. The van der Waals surface area contributed by atoms with E-state index in [1.165, 1.54) is 7.11 Å². The maximum atomic E-state index is 8.60. The average Bonchev–Trinajstić information content (AvgIpc) is 1.83. The zero-order chi connectivity index (χ0) is 6.41. The van der Waals surface area contributed by atoms with Gasteiger partial charge in [0.2, 0.25) is 0 Å². The summed E-state index contributed by atoms with van der Waals surface area (Å²) in [5.74, 6) is 0. The van der Waals surface area contributed by atoms with Gasteiger partial charge in [0.05, 0.1) is 19.8 Å². The van der Waals surface area contributed by atoms with Crippen molar-refractivity contribution in [2.24, 2.45) is 0 Å². The molecule has 0 bridgehead atoms. The van der Waals surface area contributed by atoms with Gasteiger partial charge in [-0.05, 0) is 0 Å². The Labute approximate surface area is 48.0 Å². The topological polar surface area (TPSA) is 61.7 Å². The van der Waals surface area contributed by atoms with E-state index >= 15 is 0 Å². The fraction of sp³-hybridized carbons (Fsp3) is 1.00. The normalized spacial score (nSPS) is 13.9. The lowest BCUT2D eigenvalue weighted by molar-refractivity contribution is 0.0274. The number of hydrogen-bond donors (Lipinski definition) is 3. The van der Waals surface area contributed by atoms with Crippen molar-refractivity contribution < 1.29 is 15.1 Å². The monoisotopic (exact) mass is 121 g/mol. The van der Waals surface area contributed by atoms with E-state index in [-0.39, 0.29) is 13.2 Å². The van der Waals surface area contributed by atoms with Crippen LogP contribution in [0.2, 0.25) is 0 Å². The molecular weight excluding hydrogens is 110 g/mol. The van der Waals surface area contributed by atoms with Crippen molar-refractivity contribution in [3.8, 4) is 0 Å². The first-order chi connectivity index (χ1) is 3.81. The fourth-order valence-corrected chi connectivity index (χ4v) is 0.244. The molecule has 1 unspecified atom stereocenters. The van der Waals surface area contributed by atoms with E-state index in [1.54, 1.807) is 0 Å². The van der Waals surface area contributed by atoms with Gasteiger partial charge in [-0.3, -0.25) is 0 Å². The largest absolute Gasteiger partial charge is 0.394 e. The predicted molar refractivity (Wildman–Crippen MR) is 28.1 cm³/mol. The van der Waals surface area contributed by atoms with Crippen LogP contribution in [0.4, 0.5) is 0 Å². The Morgan fingerprint density at radius 2 is 2.38 bits per heavy atom. The molecule has 4 heteroatoms. The molecule has 0 rings (SSSR count). The van der Waals surface area contributed by atoms with Crippen molar-refractivity contribution in [2.45, 2.75) is 6.10 Å². The van der Waals surface area contributed by atoms with Crippen molar-refractivity contribution >= 4 is 0 Å². The lowest BCUT2D eigenvalue weighted by Gasteiger charge is -2.04. The molecule has 0 saturated carbocycles. The molecule has 0 spiro atoms. The third-order valence-electron chi connectivity index (χ3n) is 0.674. The van der Waals surface area contributed by atoms with Gasteiger partial charge in [0.1, 0.15) is 0 Å². The van der Waals surface area contributed by atoms with Crippen molar-refractivity contribution in [3.05, 3.63) is 0 Å². The van der Waals surface area contributed by atoms with Crippen LogP contribution in [-0.2, 0) is 4.84 Å². The molecule has 0 aliphatic rings. The Morgan fingerprint density at radius 3 is 2.75 bits per heavy atom. The van der Waals surface area contributed by atoms with E-state index in [2.05, 4.69) is 10.3 Å².